The van der Waals surface area contributed by atoms with Crippen molar-refractivity contribution in [3.05, 3.63) is 71.5 Å². The van der Waals surface area contributed by atoms with Gasteiger partial charge in [0.1, 0.15) is 23.8 Å². The van der Waals surface area contributed by atoms with Crippen LogP contribution in [-0.4, -0.2) is 36.1 Å². The summed E-state index contributed by atoms with van der Waals surface area (Å²) in [6, 6.07) is 14.8. The Kier molecular flexibility index (Phi) is 6.63. The lowest BCUT2D eigenvalue weighted by Crippen LogP contribution is -2.18. The molecule has 150 valence electrons. The summed E-state index contributed by atoms with van der Waals surface area (Å²) in [5, 5.41) is 6.00. The van der Waals surface area contributed by atoms with Crippen molar-refractivity contribution in [1.82, 2.24) is 9.97 Å². The molecule has 0 unspecified atom stereocenters. The van der Waals surface area contributed by atoms with Crippen LogP contribution in [0.4, 0.5) is 11.6 Å². The molecule has 1 amide bonds. The van der Waals surface area contributed by atoms with E-state index in [1.54, 1.807) is 19.4 Å². The normalized spacial score (nSPS) is 10.3. The summed E-state index contributed by atoms with van der Waals surface area (Å²) in [4.78, 5) is 21.0. The molecule has 1 heterocycles. The van der Waals surface area contributed by atoms with Gasteiger partial charge in [-0.1, -0.05) is 18.2 Å². The summed E-state index contributed by atoms with van der Waals surface area (Å²) in [5.41, 5.74) is 3.10. The van der Waals surface area contributed by atoms with Gasteiger partial charge in [-0.05, 0) is 55.3 Å². The standard InChI is InChI=1S/C22H24N4O3/c1-15-5-4-6-16(2)20(15)26-21(27)19-11-12-23-22(25-19)24-13-14-29-18-9-7-17(28-3)8-10-18/h4-12H,13-14H2,1-3H3,(H,26,27)(H,23,24,25). The fourth-order valence-corrected chi connectivity index (χ4v) is 2.76. The van der Waals surface area contributed by atoms with Crippen molar-refractivity contribution in [2.24, 2.45) is 0 Å². The highest BCUT2D eigenvalue weighted by Gasteiger charge is 2.12. The number of amides is 1. The van der Waals surface area contributed by atoms with Gasteiger partial charge >= 0.3 is 0 Å². The van der Waals surface area contributed by atoms with Crippen molar-refractivity contribution in [2.75, 3.05) is 30.9 Å². The topological polar surface area (TPSA) is 85.4 Å². The van der Waals surface area contributed by atoms with Crippen LogP contribution in [0.15, 0.2) is 54.7 Å². The third kappa shape index (κ3) is 5.44. The van der Waals surface area contributed by atoms with Gasteiger partial charge in [-0.2, -0.15) is 0 Å². The maximum absolute atomic E-state index is 12.6. The summed E-state index contributed by atoms with van der Waals surface area (Å²) in [7, 11) is 1.62. The Balaban J connectivity index is 1.54. The molecule has 0 saturated carbocycles. The maximum atomic E-state index is 12.6. The Morgan fingerprint density at radius 1 is 1.00 bits per heavy atom. The first kappa shape index (κ1) is 20.1. The van der Waals surface area contributed by atoms with Crippen LogP contribution >= 0.6 is 0 Å². The molecule has 0 fully saturated rings. The van der Waals surface area contributed by atoms with Crippen LogP contribution in [-0.2, 0) is 0 Å². The van der Waals surface area contributed by atoms with E-state index in [1.807, 2.05) is 56.3 Å². The molecule has 29 heavy (non-hydrogen) atoms. The molecule has 7 nitrogen and oxygen atoms in total. The summed E-state index contributed by atoms with van der Waals surface area (Å²) in [6.07, 6.45) is 1.55. The molecule has 3 rings (SSSR count). The van der Waals surface area contributed by atoms with E-state index in [1.165, 1.54) is 0 Å². The van der Waals surface area contributed by atoms with Crippen LogP contribution in [0.5, 0.6) is 11.5 Å². The van der Waals surface area contributed by atoms with Crippen molar-refractivity contribution in [3.63, 3.8) is 0 Å². The highest BCUT2D eigenvalue weighted by Crippen LogP contribution is 2.20. The molecule has 0 aliphatic rings. The number of hydrogen-bond donors (Lipinski definition) is 2. The van der Waals surface area contributed by atoms with Crippen molar-refractivity contribution in [1.29, 1.82) is 0 Å². The van der Waals surface area contributed by atoms with Crippen LogP contribution in [0.1, 0.15) is 21.6 Å². The molecular formula is C22H24N4O3. The molecule has 2 aromatic carbocycles. The minimum atomic E-state index is -0.276. The average Bonchev–Trinajstić information content (AvgIpc) is 2.74. The summed E-state index contributed by atoms with van der Waals surface area (Å²) in [5.74, 6) is 1.62. The number of benzene rings is 2. The summed E-state index contributed by atoms with van der Waals surface area (Å²) in [6.45, 7) is 4.83. The monoisotopic (exact) mass is 392 g/mol. The second-order valence-corrected chi connectivity index (χ2v) is 6.44. The largest absolute Gasteiger partial charge is 0.497 e. The number of aryl methyl sites for hydroxylation is 2. The van der Waals surface area contributed by atoms with E-state index in [4.69, 9.17) is 9.47 Å². The van der Waals surface area contributed by atoms with Crippen molar-refractivity contribution >= 4 is 17.5 Å². The number of hydrogen-bond acceptors (Lipinski definition) is 6. The summed E-state index contributed by atoms with van der Waals surface area (Å²) >= 11 is 0. The van der Waals surface area contributed by atoms with E-state index in [0.29, 0.717) is 24.8 Å². The van der Waals surface area contributed by atoms with Gasteiger partial charge in [0.25, 0.3) is 5.91 Å². The Hall–Kier alpha value is -3.61. The van der Waals surface area contributed by atoms with E-state index in [2.05, 4.69) is 20.6 Å². The smallest absolute Gasteiger partial charge is 0.274 e. The number of anilines is 2. The molecule has 2 N–H and O–H groups in total. The third-order valence-electron chi connectivity index (χ3n) is 4.32. The molecule has 0 bridgehead atoms. The number of aromatic nitrogens is 2. The van der Waals surface area contributed by atoms with E-state index < -0.39 is 0 Å². The number of carbonyl (C=O) groups excluding carboxylic acids is 1. The van der Waals surface area contributed by atoms with Crippen molar-refractivity contribution < 1.29 is 14.3 Å². The average molecular weight is 392 g/mol. The Labute approximate surface area is 170 Å². The fourth-order valence-electron chi connectivity index (χ4n) is 2.76. The van der Waals surface area contributed by atoms with Crippen molar-refractivity contribution in [2.45, 2.75) is 13.8 Å². The quantitative estimate of drug-likeness (QED) is 0.567. The predicted molar refractivity (Wildman–Crippen MR) is 113 cm³/mol. The minimum Gasteiger partial charge on any atom is -0.497 e. The first-order valence-electron chi connectivity index (χ1n) is 9.28. The van der Waals surface area contributed by atoms with Crippen molar-refractivity contribution in [3.8, 4) is 11.5 Å². The van der Waals surface area contributed by atoms with E-state index in [-0.39, 0.29) is 5.91 Å². The van der Waals surface area contributed by atoms with Crippen LogP contribution in [0.2, 0.25) is 0 Å². The molecule has 7 heteroatoms. The van der Waals surface area contributed by atoms with Crippen LogP contribution < -0.4 is 20.1 Å². The fraction of sp³-hybridized carbons (Fsp3) is 0.227. The first-order chi connectivity index (χ1) is 14.1. The molecule has 3 aromatic rings. The number of methoxy groups -OCH3 is 1. The predicted octanol–water partition coefficient (Wildman–Crippen LogP) is 3.85. The van der Waals surface area contributed by atoms with Gasteiger partial charge in [0.05, 0.1) is 13.7 Å². The second kappa shape index (κ2) is 9.54. The Morgan fingerprint density at radius 3 is 2.38 bits per heavy atom. The molecule has 0 saturated heterocycles. The molecule has 1 aromatic heterocycles. The molecule has 0 spiro atoms. The lowest BCUT2D eigenvalue weighted by Gasteiger charge is -2.12. The first-order valence-corrected chi connectivity index (χ1v) is 9.28. The number of nitrogens with one attached hydrogen (secondary N) is 2. The van der Waals surface area contributed by atoms with Gasteiger partial charge in [0.2, 0.25) is 5.95 Å². The number of rotatable bonds is 8. The lowest BCUT2D eigenvalue weighted by atomic mass is 10.1. The van der Waals surface area contributed by atoms with Crippen LogP contribution in [0.3, 0.4) is 0 Å². The van der Waals surface area contributed by atoms with Gasteiger partial charge in [0.15, 0.2) is 0 Å². The third-order valence-corrected chi connectivity index (χ3v) is 4.32. The lowest BCUT2D eigenvalue weighted by molar-refractivity contribution is 0.102. The number of ether oxygens (including phenoxy) is 2. The number of nitrogens with zero attached hydrogens (tertiary/aromatic N) is 2. The Bertz CT molecular complexity index is 954. The molecule has 0 aliphatic heterocycles. The van der Waals surface area contributed by atoms with Crippen LogP contribution in [0, 0.1) is 13.8 Å². The minimum absolute atomic E-state index is 0.276. The van der Waals surface area contributed by atoms with Gasteiger partial charge in [0, 0.05) is 11.9 Å². The van der Waals surface area contributed by atoms with E-state index >= 15 is 0 Å². The van der Waals surface area contributed by atoms with Gasteiger partial charge in [-0.3, -0.25) is 4.79 Å². The van der Waals surface area contributed by atoms with Gasteiger partial charge in [-0.15, -0.1) is 0 Å². The molecule has 0 atom stereocenters. The zero-order valence-electron chi connectivity index (χ0n) is 16.7. The SMILES string of the molecule is COc1ccc(OCCNc2nccc(C(=O)Nc3c(C)cccc3C)n2)cc1. The zero-order valence-corrected chi connectivity index (χ0v) is 16.7. The van der Waals surface area contributed by atoms with Crippen LogP contribution in [0.25, 0.3) is 0 Å². The second-order valence-electron chi connectivity index (χ2n) is 6.44. The van der Waals surface area contributed by atoms with E-state index in [9.17, 15) is 4.79 Å². The highest BCUT2D eigenvalue weighted by molar-refractivity contribution is 6.03. The van der Waals surface area contributed by atoms with Gasteiger partial charge < -0.3 is 20.1 Å². The number of para-hydroxylation sites is 1. The molecule has 0 radical (unpaired) electrons. The number of carbonyl (C=O) groups is 1. The zero-order chi connectivity index (χ0) is 20.6. The molecular weight excluding hydrogens is 368 g/mol. The maximum Gasteiger partial charge on any atom is 0.274 e. The molecule has 0 aliphatic carbocycles. The highest BCUT2D eigenvalue weighted by atomic mass is 16.5. The Morgan fingerprint density at radius 2 is 1.69 bits per heavy atom. The summed E-state index contributed by atoms with van der Waals surface area (Å²) < 4.78 is 10.8. The van der Waals surface area contributed by atoms with Gasteiger partial charge in [-0.25, -0.2) is 9.97 Å². The van der Waals surface area contributed by atoms with E-state index in [0.717, 1.165) is 28.3 Å².